The molecule has 27 heavy (non-hydrogen) atoms. The van der Waals surface area contributed by atoms with Crippen LogP contribution in [0, 0.1) is 17.8 Å². The van der Waals surface area contributed by atoms with E-state index in [1.807, 2.05) is 19.1 Å². The van der Waals surface area contributed by atoms with E-state index in [0.29, 0.717) is 24.2 Å². The lowest BCUT2D eigenvalue weighted by molar-refractivity contribution is -0.122. The van der Waals surface area contributed by atoms with Crippen LogP contribution >= 0.6 is 0 Å². The third kappa shape index (κ3) is 3.30. The topological polar surface area (TPSA) is 75.7 Å². The highest BCUT2D eigenvalue weighted by Crippen LogP contribution is 2.40. The summed E-state index contributed by atoms with van der Waals surface area (Å²) in [5, 5.41) is 2.88. The zero-order valence-electron chi connectivity index (χ0n) is 15.4. The number of hydrogen-bond acceptors (Lipinski definition) is 4. The maximum absolute atomic E-state index is 12.9. The maximum atomic E-state index is 12.9. The molecule has 0 radical (unpaired) electrons. The van der Waals surface area contributed by atoms with Crippen LogP contribution in [0.4, 0.5) is 5.69 Å². The van der Waals surface area contributed by atoms with E-state index in [1.165, 1.54) is 4.90 Å². The highest BCUT2D eigenvalue weighted by Gasteiger charge is 2.50. The Morgan fingerprint density at radius 3 is 2.89 bits per heavy atom. The van der Waals surface area contributed by atoms with Gasteiger partial charge < -0.3 is 10.1 Å². The molecule has 4 rings (SSSR count). The van der Waals surface area contributed by atoms with Crippen molar-refractivity contribution in [3.05, 3.63) is 42.0 Å². The summed E-state index contributed by atoms with van der Waals surface area (Å²) in [6, 6.07) is 6.73. The molecule has 3 amide bonds. The lowest BCUT2D eigenvalue weighted by Gasteiger charge is -2.22. The van der Waals surface area contributed by atoms with E-state index >= 15 is 0 Å². The van der Waals surface area contributed by atoms with E-state index in [1.54, 1.807) is 24.3 Å². The minimum absolute atomic E-state index is 0.0445. The molecule has 142 valence electrons. The molecule has 0 spiro atoms. The molecule has 1 aliphatic carbocycles. The summed E-state index contributed by atoms with van der Waals surface area (Å²) in [4.78, 5) is 39.5. The van der Waals surface area contributed by atoms with Gasteiger partial charge in [-0.2, -0.15) is 0 Å². The molecule has 3 aliphatic rings. The third-order valence-corrected chi connectivity index (χ3v) is 5.75. The van der Waals surface area contributed by atoms with Gasteiger partial charge in [0, 0.05) is 18.7 Å². The number of anilines is 1. The standard InChI is InChI=1S/C21H24N2O4/c1-13-5-2-9-17-18(13)21(26)23(20(17)25)15-7-3-6-14(11-15)19(24)22-12-16-8-4-10-27-16/h2-3,5-7,11,13,16-18H,4,8-10,12H2,1H3,(H,22,24)/t13-,16+,17+,18+/m1/s1. The van der Waals surface area contributed by atoms with Crippen molar-refractivity contribution in [1.82, 2.24) is 5.32 Å². The Balaban J connectivity index is 1.51. The quantitative estimate of drug-likeness (QED) is 0.654. The molecule has 0 unspecified atom stereocenters. The van der Waals surface area contributed by atoms with Crippen LogP contribution in [-0.4, -0.2) is 37.0 Å². The number of carbonyl (C=O) groups excluding carboxylic acids is 3. The molecule has 2 fully saturated rings. The minimum Gasteiger partial charge on any atom is -0.376 e. The number of amides is 3. The zero-order valence-corrected chi connectivity index (χ0v) is 15.4. The summed E-state index contributed by atoms with van der Waals surface area (Å²) in [5.74, 6) is -1.12. The predicted octanol–water partition coefficient (Wildman–Crippen LogP) is 2.30. The largest absolute Gasteiger partial charge is 0.376 e. The van der Waals surface area contributed by atoms with E-state index in [9.17, 15) is 14.4 Å². The second-order valence-electron chi connectivity index (χ2n) is 7.56. The van der Waals surface area contributed by atoms with Crippen LogP contribution in [0.5, 0.6) is 0 Å². The summed E-state index contributed by atoms with van der Waals surface area (Å²) in [6.07, 6.45) is 6.62. The van der Waals surface area contributed by atoms with Crippen LogP contribution in [-0.2, 0) is 14.3 Å². The van der Waals surface area contributed by atoms with Gasteiger partial charge in [0.05, 0.1) is 23.6 Å². The van der Waals surface area contributed by atoms with Crippen molar-refractivity contribution in [2.24, 2.45) is 17.8 Å². The molecular weight excluding hydrogens is 344 g/mol. The van der Waals surface area contributed by atoms with Crippen LogP contribution in [0.15, 0.2) is 36.4 Å². The minimum atomic E-state index is -0.306. The van der Waals surface area contributed by atoms with Crippen LogP contribution in [0.25, 0.3) is 0 Å². The number of hydrogen-bond donors (Lipinski definition) is 1. The van der Waals surface area contributed by atoms with Gasteiger partial charge in [0.25, 0.3) is 5.91 Å². The molecule has 1 aromatic carbocycles. The first-order valence-electron chi connectivity index (χ1n) is 9.60. The molecule has 2 heterocycles. The predicted molar refractivity (Wildman–Crippen MR) is 100 cm³/mol. The van der Waals surface area contributed by atoms with Gasteiger partial charge in [0.1, 0.15) is 0 Å². The van der Waals surface area contributed by atoms with Gasteiger partial charge in [-0.25, -0.2) is 0 Å². The Morgan fingerprint density at radius 2 is 2.15 bits per heavy atom. The number of rotatable bonds is 4. The summed E-state index contributed by atoms with van der Waals surface area (Å²) in [5.41, 5.74) is 0.906. The SMILES string of the molecule is C[C@@H]1C=CC[C@@H]2C(=O)N(c3cccc(C(=O)NC[C@@H]4CCCO4)c3)C(=O)[C@@H]12. The van der Waals surface area contributed by atoms with Gasteiger partial charge in [0.2, 0.25) is 11.8 Å². The molecule has 1 N–H and O–H groups in total. The average molecular weight is 368 g/mol. The molecule has 6 heteroatoms. The monoisotopic (exact) mass is 368 g/mol. The Labute approximate surface area is 158 Å². The number of carbonyl (C=O) groups is 3. The zero-order chi connectivity index (χ0) is 19.0. The lowest BCUT2D eigenvalue weighted by atomic mass is 9.78. The second-order valence-corrected chi connectivity index (χ2v) is 7.56. The molecule has 2 saturated heterocycles. The first-order valence-corrected chi connectivity index (χ1v) is 9.60. The number of nitrogens with one attached hydrogen (secondary N) is 1. The second kappa shape index (κ2) is 7.27. The van der Waals surface area contributed by atoms with Gasteiger partial charge in [-0.3, -0.25) is 19.3 Å². The smallest absolute Gasteiger partial charge is 0.251 e. The first-order chi connectivity index (χ1) is 13.1. The van der Waals surface area contributed by atoms with Crippen LogP contribution in [0.3, 0.4) is 0 Å². The molecule has 1 aromatic rings. The van der Waals surface area contributed by atoms with Crippen molar-refractivity contribution in [2.75, 3.05) is 18.1 Å². The Hall–Kier alpha value is -2.47. The van der Waals surface area contributed by atoms with Gasteiger partial charge in [-0.1, -0.05) is 25.1 Å². The van der Waals surface area contributed by atoms with Gasteiger partial charge in [-0.15, -0.1) is 0 Å². The fourth-order valence-electron chi connectivity index (χ4n) is 4.30. The summed E-state index contributed by atoms with van der Waals surface area (Å²) >= 11 is 0. The highest BCUT2D eigenvalue weighted by molar-refractivity contribution is 6.22. The maximum Gasteiger partial charge on any atom is 0.251 e. The fourth-order valence-corrected chi connectivity index (χ4v) is 4.30. The van der Waals surface area contributed by atoms with Crippen LogP contribution in [0.2, 0.25) is 0 Å². The molecular formula is C21H24N2O4. The molecule has 0 aromatic heterocycles. The molecule has 6 nitrogen and oxygen atoms in total. The number of ether oxygens (including phenoxy) is 1. The Bertz CT molecular complexity index is 797. The van der Waals surface area contributed by atoms with Gasteiger partial charge in [0.15, 0.2) is 0 Å². The summed E-state index contributed by atoms with van der Waals surface area (Å²) in [7, 11) is 0. The first kappa shape index (κ1) is 17.9. The summed E-state index contributed by atoms with van der Waals surface area (Å²) in [6.45, 7) is 3.18. The average Bonchev–Trinajstić information content (AvgIpc) is 3.27. The van der Waals surface area contributed by atoms with Crippen molar-refractivity contribution in [2.45, 2.75) is 32.3 Å². The molecule has 4 atom stereocenters. The summed E-state index contributed by atoms with van der Waals surface area (Å²) < 4.78 is 5.52. The normalized spacial score (nSPS) is 29.9. The van der Waals surface area contributed by atoms with Crippen molar-refractivity contribution in [1.29, 1.82) is 0 Å². The fraction of sp³-hybridized carbons (Fsp3) is 0.476. The van der Waals surface area contributed by atoms with Crippen LogP contribution < -0.4 is 10.2 Å². The van der Waals surface area contributed by atoms with Crippen molar-refractivity contribution < 1.29 is 19.1 Å². The number of fused-ring (bicyclic) bond motifs is 1. The number of allylic oxidation sites excluding steroid dienone is 2. The highest BCUT2D eigenvalue weighted by atomic mass is 16.5. The molecule has 0 saturated carbocycles. The van der Waals surface area contributed by atoms with Crippen LogP contribution in [0.1, 0.15) is 36.5 Å². The van der Waals surface area contributed by atoms with E-state index in [0.717, 1.165) is 19.4 Å². The molecule has 2 aliphatic heterocycles. The Morgan fingerprint density at radius 1 is 1.30 bits per heavy atom. The number of nitrogens with zero attached hydrogens (tertiary/aromatic N) is 1. The van der Waals surface area contributed by atoms with Gasteiger partial charge >= 0.3 is 0 Å². The number of imide groups is 1. The van der Waals surface area contributed by atoms with E-state index in [2.05, 4.69) is 5.32 Å². The van der Waals surface area contributed by atoms with Crippen molar-refractivity contribution in [3.63, 3.8) is 0 Å². The third-order valence-electron chi connectivity index (χ3n) is 5.75. The van der Waals surface area contributed by atoms with E-state index in [-0.39, 0.29) is 41.6 Å². The van der Waals surface area contributed by atoms with Crippen molar-refractivity contribution >= 4 is 23.4 Å². The lowest BCUT2D eigenvalue weighted by Crippen LogP contribution is -2.33. The van der Waals surface area contributed by atoms with E-state index in [4.69, 9.17) is 4.74 Å². The van der Waals surface area contributed by atoms with Gasteiger partial charge in [-0.05, 0) is 43.4 Å². The van der Waals surface area contributed by atoms with E-state index < -0.39 is 0 Å². The van der Waals surface area contributed by atoms with Crippen molar-refractivity contribution in [3.8, 4) is 0 Å². The molecule has 0 bridgehead atoms. The Kier molecular flexibility index (Phi) is 4.83. The number of benzene rings is 1.